The van der Waals surface area contributed by atoms with Gasteiger partial charge < -0.3 is 10.5 Å². The lowest BCUT2D eigenvalue weighted by Crippen LogP contribution is -2.55. The summed E-state index contributed by atoms with van der Waals surface area (Å²) in [7, 11) is -3.52. The predicted molar refractivity (Wildman–Crippen MR) is 74.4 cm³/mol. The predicted octanol–water partition coefficient (Wildman–Crippen LogP) is 1.38. The number of anilines is 1. The lowest BCUT2D eigenvalue weighted by atomic mass is 10.1. The third-order valence-electron chi connectivity index (χ3n) is 3.34. The molecule has 0 radical (unpaired) electrons. The van der Waals surface area contributed by atoms with E-state index in [4.69, 9.17) is 10.5 Å². The summed E-state index contributed by atoms with van der Waals surface area (Å²) in [6, 6.07) is 4.87. The quantitative estimate of drug-likeness (QED) is 0.833. The van der Waals surface area contributed by atoms with Crippen LogP contribution in [0, 0.1) is 6.92 Å². The van der Waals surface area contributed by atoms with Crippen molar-refractivity contribution in [2.75, 3.05) is 25.5 Å². The summed E-state index contributed by atoms with van der Waals surface area (Å²) < 4.78 is 32.4. The number of morpholine rings is 1. The number of hydrogen-bond donors (Lipinski definition) is 1. The van der Waals surface area contributed by atoms with Crippen LogP contribution in [0.4, 0.5) is 5.69 Å². The Morgan fingerprint density at radius 3 is 2.63 bits per heavy atom. The molecule has 19 heavy (non-hydrogen) atoms. The number of rotatable bonds is 2. The van der Waals surface area contributed by atoms with E-state index >= 15 is 0 Å². The third kappa shape index (κ3) is 2.61. The molecule has 0 amide bonds. The molecule has 0 saturated carbocycles. The minimum atomic E-state index is -3.52. The van der Waals surface area contributed by atoms with Crippen molar-refractivity contribution < 1.29 is 13.2 Å². The molecule has 0 atom stereocenters. The Balaban J connectivity index is 2.47. The molecule has 6 heteroatoms. The summed E-state index contributed by atoms with van der Waals surface area (Å²) in [6.07, 6.45) is 0. The van der Waals surface area contributed by atoms with Crippen LogP contribution in [0.5, 0.6) is 0 Å². The van der Waals surface area contributed by atoms with Gasteiger partial charge in [-0.15, -0.1) is 0 Å². The lowest BCUT2D eigenvalue weighted by Gasteiger charge is -2.41. The molecule has 1 heterocycles. The van der Waals surface area contributed by atoms with Gasteiger partial charge in [-0.05, 0) is 44.5 Å². The number of benzene rings is 1. The van der Waals surface area contributed by atoms with Crippen LogP contribution in [0.1, 0.15) is 19.4 Å². The van der Waals surface area contributed by atoms with E-state index in [0.717, 1.165) is 0 Å². The molecule has 0 aliphatic carbocycles. The molecule has 0 spiro atoms. The van der Waals surface area contributed by atoms with E-state index in [2.05, 4.69) is 0 Å². The van der Waals surface area contributed by atoms with E-state index < -0.39 is 15.6 Å². The number of nitrogens with zero attached hydrogens (tertiary/aromatic N) is 1. The Hall–Kier alpha value is -1.11. The standard InChI is InChI=1S/C13H20N2O3S/c1-10-8-11(14)4-5-12(10)19(16,17)15-6-7-18-9-13(15,2)3/h4-5,8H,6-7,9,14H2,1-3H3. The Morgan fingerprint density at radius 1 is 1.37 bits per heavy atom. The van der Waals surface area contributed by atoms with Gasteiger partial charge in [0.2, 0.25) is 10.0 Å². The largest absolute Gasteiger partial charge is 0.399 e. The highest BCUT2D eigenvalue weighted by Gasteiger charge is 2.40. The first kappa shape index (κ1) is 14.3. The highest BCUT2D eigenvalue weighted by atomic mass is 32.2. The second-order valence-corrected chi connectivity index (χ2v) is 7.30. The average molecular weight is 284 g/mol. The van der Waals surface area contributed by atoms with E-state index in [1.807, 2.05) is 13.8 Å². The van der Waals surface area contributed by atoms with E-state index in [9.17, 15) is 8.42 Å². The van der Waals surface area contributed by atoms with Gasteiger partial charge in [0, 0.05) is 12.2 Å². The van der Waals surface area contributed by atoms with Gasteiger partial charge in [-0.25, -0.2) is 8.42 Å². The normalized spacial score (nSPS) is 20.4. The highest BCUT2D eigenvalue weighted by Crippen LogP contribution is 2.29. The average Bonchev–Trinajstić information content (AvgIpc) is 2.27. The molecular formula is C13H20N2O3S. The molecule has 5 nitrogen and oxygen atoms in total. The summed E-state index contributed by atoms with van der Waals surface area (Å²) in [4.78, 5) is 0.316. The number of nitrogens with two attached hydrogens (primary N) is 1. The van der Waals surface area contributed by atoms with Crippen LogP contribution in [0.15, 0.2) is 23.1 Å². The molecular weight excluding hydrogens is 264 g/mol. The topological polar surface area (TPSA) is 72.6 Å². The van der Waals surface area contributed by atoms with Gasteiger partial charge in [-0.2, -0.15) is 4.31 Å². The SMILES string of the molecule is Cc1cc(N)ccc1S(=O)(=O)N1CCOCC1(C)C. The highest BCUT2D eigenvalue weighted by molar-refractivity contribution is 7.89. The summed E-state index contributed by atoms with van der Waals surface area (Å²) in [5, 5.41) is 0. The van der Waals surface area contributed by atoms with Crippen molar-refractivity contribution in [2.45, 2.75) is 31.2 Å². The van der Waals surface area contributed by atoms with Crippen LogP contribution >= 0.6 is 0 Å². The first-order valence-corrected chi connectivity index (χ1v) is 7.66. The van der Waals surface area contributed by atoms with Crippen LogP contribution in [0.2, 0.25) is 0 Å². The van der Waals surface area contributed by atoms with Crippen molar-refractivity contribution >= 4 is 15.7 Å². The second kappa shape index (κ2) is 4.77. The fourth-order valence-electron chi connectivity index (χ4n) is 2.37. The van der Waals surface area contributed by atoms with Gasteiger partial charge in [-0.1, -0.05) is 0 Å². The maximum absolute atomic E-state index is 12.8. The van der Waals surface area contributed by atoms with Crippen LogP contribution in [0.3, 0.4) is 0 Å². The van der Waals surface area contributed by atoms with Gasteiger partial charge in [0.25, 0.3) is 0 Å². The molecule has 0 bridgehead atoms. The molecule has 0 aromatic heterocycles. The van der Waals surface area contributed by atoms with Gasteiger partial charge in [-0.3, -0.25) is 0 Å². The monoisotopic (exact) mass is 284 g/mol. The molecule has 0 unspecified atom stereocenters. The van der Waals surface area contributed by atoms with Crippen molar-refractivity contribution in [2.24, 2.45) is 0 Å². The van der Waals surface area contributed by atoms with E-state index in [0.29, 0.717) is 35.9 Å². The zero-order valence-corrected chi connectivity index (χ0v) is 12.3. The van der Waals surface area contributed by atoms with Crippen LogP contribution < -0.4 is 5.73 Å². The number of nitrogen functional groups attached to an aromatic ring is 1. The summed E-state index contributed by atoms with van der Waals surface area (Å²) in [5.41, 5.74) is 6.37. The number of hydrogen-bond acceptors (Lipinski definition) is 4. The molecule has 1 aliphatic rings. The van der Waals surface area contributed by atoms with E-state index in [1.165, 1.54) is 4.31 Å². The Kier molecular flexibility index (Phi) is 3.59. The van der Waals surface area contributed by atoms with Crippen LogP contribution in [0.25, 0.3) is 0 Å². The molecule has 1 aromatic carbocycles. The number of aryl methyl sites for hydroxylation is 1. The minimum Gasteiger partial charge on any atom is -0.399 e. The summed E-state index contributed by atoms with van der Waals surface area (Å²) in [6.45, 7) is 6.71. The molecule has 1 saturated heterocycles. The van der Waals surface area contributed by atoms with Crippen molar-refractivity contribution in [1.29, 1.82) is 0 Å². The van der Waals surface area contributed by atoms with Crippen molar-refractivity contribution in [1.82, 2.24) is 4.31 Å². The third-order valence-corrected chi connectivity index (χ3v) is 5.61. The van der Waals surface area contributed by atoms with E-state index in [1.54, 1.807) is 25.1 Å². The van der Waals surface area contributed by atoms with E-state index in [-0.39, 0.29) is 0 Å². The fourth-order valence-corrected chi connectivity index (χ4v) is 4.33. The van der Waals surface area contributed by atoms with Crippen LogP contribution in [-0.4, -0.2) is 38.0 Å². The first-order chi connectivity index (χ1) is 8.75. The first-order valence-electron chi connectivity index (χ1n) is 6.22. The molecule has 106 valence electrons. The van der Waals surface area contributed by atoms with Gasteiger partial charge in [0.15, 0.2) is 0 Å². The Labute approximate surface area is 114 Å². The summed E-state index contributed by atoms with van der Waals surface area (Å²) in [5.74, 6) is 0. The van der Waals surface area contributed by atoms with Crippen LogP contribution in [-0.2, 0) is 14.8 Å². The zero-order valence-electron chi connectivity index (χ0n) is 11.5. The maximum atomic E-state index is 12.8. The Bertz CT molecular complexity index is 582. The molecule has 2 rings (SSSR count). The maximum Gasteiger partial charge on any atom is 0.243 e. The molecule has 1 aromatic rings. The van der Waals surface area contributed by atoms with Gasteiger partial charge in [0.1, 0.15) is 0 Å². The number of ether oxygens (including phenoxy) is 1. The minimum absolute atomic E-state index is 0.316. The zero-order chi connectivity index (χ0) is 14.3. The fraction of sp³-hybridized carbons (Fsp3) is 0.538. The Morgan fingerprint density at radius 2 is 2.05 bits per heavy atom. The summed E-state index contributed by atoms with van der Waals surface area (Å²) >= 11 is 0. The molecule has 1 fully saturated rings. The van der Waals surface area contributed by atoms with Gasteiger partial charge in [0.05, 0.1) is 23.6 Å². The molecule has 1 aliphatic heterocycles. The van der Waals surface area contributed by atoms with Crippen molar-refractivity contribution in [3.63, 3.8) is 0 Å². The van der Waals surface area contributed by atoms with Gasteiger partial charge >= 0.3 is 0 Å². The van der Waals surface area contributed by atoms with Crippen molar-refractivity contribution in [3.05, 3.63) is 23.8 Å². The smallest absolute Gasteiger partial charge is 0.243 e. The lowest BCUT2D eigenvalue weighted by molar-refractivity contribution is -0.00772. The number of sulfonamides is 1. The second-order valence-electron chi connectivity index (χ2n) is 5.47. The van der Waals surface area contributed by atoms with Crippen molar-refractivity contribution in [3.8, 4) is 0 Å². The molecule has 2 N–H and O–H groups in total.